The minimum atomic E-state index is -1.31. The molecule has 17 nitrogen and oxygen atoms in total. The van der Waals surface area contributed by atoms with Gasteiger partial charge in [0.2, 0.25) is 0 Å². The van der Waals surface area contributed by atoms with Gasteiger partial charge in [0.15, 0.2) is 0 Å². The van der Waals surface area contributed by atoms with Crippen LogP contribution in [0.15, 0.2) is 76.0 Å². The van der Waals surface area contributed by atoms with E-state index in [1.54, 1.807) is 4.90 Å². The maximum Gasteiger partial charge on any atom is 0.410 e. The Morgan fingerprint density at radius 2 is 1.38 bits per heavy atom. The Bertz CT molecular complexity index is 1610. The molecule has 50 heavy (non-hydrogen) atoms. The standard InChI is InChI=1S/C33H40N10O7/c1-4-27(43(18-22-11-7-5-8-12-22)33(46)47-19-23-13-9-6-10-14-23)28-16-15-24(37-40-34)30(50-28)29-25(38-41-35)17-26(39-42-36)31(48-20(2)44)32(29)49-21(3)45/h5-14,24-32H,4,15-19H2,1-3H3/t24?,25?,26?,27-,28+,29+,30?,31+,32+/m1/s1. The molecule has 2 aliphatic rings. The van der Waals surface area contributed by atoms with Gasteiger partial charge in [0.05, 0.1) is 30.3 Å². The average Bonchev–Trinajstić information content (AvgIpc) is 3.10. The van der Waals surface area contributed by atoms with Crippen molar-refractivity contribution in [2.75, 3.05) is 0 Å². The molecule has 1 saturated heterocycles. The van der Waals surface area contributed by atoms with Gasteiger partial charge in [-0.25, -0.2) is 4.79 Å². The topological polar surface area (TPSA) is 238 Å². The summed E-state index contributed by atoms with van der Waals surface area (Å²) in [5, 5.41) is 11.7. The third-order valence-corrected chi connectivity index (χ3v) is 8.93. The number of azide groups is 3. The van der Waals surface area contributed by atoms with Crippen LogP contribution in [-0.2, 0) is 41.7 Å². The molecule has 1 heterocycles. The van der Waals surface area contributed by atoms with Crippen LogP contribution in [0.2, 0.25) is 0 Å². The summed E-state index contributed by atoms with van der Waals surface area (Å²) in [4.78, 5) is 49.1. The van der Waals surface area contributed by atoms with E-state index in [1.807, 2.05) is 67.6 Å². The van der Waals surface area contributed by atoms with Crippen LogP contribution < -0.4 is 0 Å². The molecule has 2 aromatic carbocycles. The van der Waals surface area contributed by atoms with Gasteiger partial charge in [-0.15, -0.1) is 0 Å². The summed E-state index contributed by atoms with van der Waals surface area (Å²) < 4.78 is 23.9. The maximum atomic E-state index is 13.8. The lowest BCUT2D eigenvalue weighted by Gasteiger charge is -2.50. The van der Waals surface area contributed by atoms with Crippen LogP contribution in [0.3, 0.4) is 0 Å². The fraction of sp³-hybridized carbons (Fsp3) is 0.545. The summed E-state index contributed by atoms with van der Waals surface area (Å²) in [6.45, 7) is 4.50. The van der Waals surface area contributed by atoms with Crippen molar-refractivity contribution in [3.8, 4) is 0 Å². The lowest BCUT2D eigenvalue weighted by atomic mass is 9.72. The smallest absolute Gasteiger partial charge is 0.410 e. The first kappa shape index (κ1) is 37.4. The van der Waals surface area contributed by atoms with Crippen molar-refractivity contribution in [3.63, 3.8) is 0 Å². The normalized spacial score (nSPS) is 26.4. The first-order valence-corrected chi connectivity index (χ1v) is 16.3. The van der Waals surface area contributed by atoms with Crippen LogP contribution >= 0.6 is 0 Å². The zero-order chi connectivity index (χ0) is 36.0. The van der Waals surface area contributed by atoms with Gasteiger partial charge in [-0.05, 0) is 53.4 Å². The molecular weight excluding hydrogens is 648 g/mol. The van der Waals surface area contributed by atoms with E-state index in [1.165, 1.54) is 0 Å². The van der Waals surface area contributed by atoms with Crippen LogP contribution in [0, 0.1) is 5.92 Å². The third-order valence-electron chi connectivity index (χ3n) is 8.93. The Kier molecular flexibility index (Phi) is 13.7. The van der Waals surface area contributed by atoms with E-state index in [-0.39, 0.29) is 19.6 Å². The van der Waals surface area contributed by atoms with Crippen LogP contribution in [0.4, 0.5) is 4.79 Å². The van der Waals surface area contributed by atoms with Crippen LogP contribution in [-0.4, -0.2) is 71.5 Å². The van der Waals surface area contributed by atoms with E-state index in [0.29, 0.717) is 19.3 Å². The highest BCUT2D eigenvalue weighted by atomic mass is 16.6. The molecule has 17 heteroatoms. The van der Waals surface area contributed by atoms with E-state index in [0.717, 1.165) is 25.0 Å². The number of rotatable bonds is 13. The first-order chi connectivity index (χ1) is 24.2. The first-order valence-electron chi connectivity index (χ1n) is 16.3. The zero-order valence-electron chi connectivity index (χ0n) is 28.0. The number of esters is 2. The summed E-state index contributed by atoms with van der Waals surface area (Å²) in [5.74, 6) is -2.47. The molecule has 0 radical (unpaired) electrons. The lowest BCUT2D eigenvalue weighted by Crippen LogP contribution is -2.62. The summed E-state index contributed by atoms with van der Waals surface area (Å²) in [6, 6.07) is 15.3. The van der Waals surface area contributed by atoms with Crippen molar-refractivity contribution in [1.29, 1.82) is 0 Å². The fourth-order valence-corrected chi connectivity index (χ4v) is 6.91. The number of benzene rings is 2. The number of ether oxygens (including phenoxy) is 4. The quantitative estimate of drug-likeness (QED) is 0.0696. The fourth-order valence-electron chi connectivity index (χ4n) is 6.91. The second kappa shape index (κ2) is 18.3. The highest BCUT2D eigenvalue weighted by Gasteiger charge is 2.54. The number of hydrogen-bond donors (Lipinski definition) is 0. The second-order valence-electron chi connectivity index (χ2n) is 12.1. The SMILES string of the molecule is CC[C@H]([C@@H]1CCC(N=[N+]=[N-])C([C@@H]2C(N=[N+]=[N-])CC(N=[N+]=[N-])[C@H](OC(C)=O)[C@H]2OC(C)=O)O1)N(Cc1ccccc1)C(=O)OCc1ccccc1. The number of carbonyl (C=O) groups is 3. The Labute approximate surface area is 288 Å². The molecule has 0 N–H and O–H groups in total. The minimum absolute atomic E-state index is 0.0539. The molecule has 9 atom stereocenters. The lowest BCUT2D eigenvalue weighted by molar-refractivity contribution is -0.197. The Morgan fingerprint density at radius 3 is 1.96 bits per heavy atom. The Morgan fingerprint density at radius 1 is 0.820 bits per heavy atom. The molecule has 1 aliphatic heterocycles. The molecule has 2 fully saturated rings. The molecule has 264 valence electrons. The second-order valence-corrected chi connectivity index (χ2v) is 12.1. The zero-order valence-corrected chi connectivity index (χ0v) is 28.0. The summed E-state index contributed by atoms with van der Waals surface area (Å²) in [7, 11) is 0. The number of hydrogen-bond acceptors (Lipinski definition) is 10. The number of amides is 1. The molecular formula is C33H40N10O7. The molecule has 0 bridgehead atoms. The van der Waals surface area contributed by atoms with Gasteiger partial charge in [-0.3, -0.25) is 14.5 Å². The molecule has 4 unspecified atom stereocenters. The summed E-state index contributed by atoms with van der Waals surface area (Å²) in [5.41, 5.74) is 30.1. The molecule has 2 aromatic rings. The van der Waals surface area contributed by atoms with E-state index < -0.39 is 72.5 Å². The number of carbonyl (C=O) groups excluding carboxylic acids is 3. The van der Waals surface area contributed by atoms with Gasteiger partial charge >= 0.3 is 18.0 Å². The Balaban J connectivity index is 1.74. The predicted molar refractivity (Wildman–Crippen MR) is 179 cm³/mol. The molecule has 0 spiro atoms. The minimum Gasteiger partial charge on any atom is -0.458 e. The highest BCUT2D eigenvalue weighted by Crippen LogP contribution is 2.42. The van der Waals surface area contributed by atoms with Crippen LogP contribution in [0.1, 0.15) is 57.6 Å². The molecule has 1 amide bonds. The van der Waals surface area contributed by atoms with Crippen molar-refractivity contribution in [1.82, 2.24) is 4.90 Å². The largest absolute Gasteiger partial charge is 0.458 e. The van der Waals surface area contributed by atoms with Crippen molar-refractivity contribution in [3.05, 3.63) is 103 Å². The monoisotopic (exact) mass is 688 g/mol. The van der Waals surface area contributed by atoms with E-state index in [9.17, 15) is 31.0 Å². The van der Waals surface area contributed by atoms with Crippen LogP contribution in [0.5, 0.6) is 0 Å². The van der Waals surface area contributed by atoms with E-state index in [2.05, 4.69) is 30.1 Å². The van der Waals surface area contributed by atoms with Crippen molar-refractivity contribution >= 4 is 18.0 Å². The molecule has 0 aromatic heterocycles. The summed E-state index contributed by atoms with van der Waals surface area (Å²) >= 11 is 0. The summed E-state index contributed by atoms with van der Waals surface area (Å²) in [6.07, 6.45) is -3.76. The van der Waals surface area contributed by atoms with Gasteiger partial charge < -0.3 is 18.9 Å². The third kappa shape index (κ3) is 9.58. The van der Waals surface area contributed by atoms with E-state index in [4.69, 9.17) is 18.9 Å². The highest BCUT2D eigenvalue weighted by molar-refractivity contribution is 5.68. The number of nitrogens with zero attached hydrogens (tertiary/aromatic N) is 10. The van der Waals surface area contributed by atoms with Crippen LogP contribution in [0.25, 0.3) is 31.3 Å². The molecule has 1 saturated carbocycles. The molecule has 4 rings (SSSR count). The van der Waals surface area contributed by atoms with Gasteiger partial charge in [0, 0.05) is 47.1 Å². The van der Waals surface area contributed by atoms with Crippen molar-refractivity contribution in [2.45, 2.75) is 108 Å². The van der Waals surface area contributed by atoms with Gasteiger partial charge in [0.25, 0.3) is 0 Å². The Hall–Kier alpha value is -5.46. The molecule has 1 aliphatic carbocycles. The predicted octanol–water partition coefficient (Wildman–Crippen LogP) is 7.07. The van der Waals surface area contributed by atoms with Gasteiger partial charge in [0.1, 0.15) is 18.8 Å². The van der Waals surface area contributed by atoms with Gasteiger partial charge in [-0.2, -0.15) is 0 Å². The maximum absolute atomic E-state index is 13.8. The van der Waals surface area contributed by atoms with Crippen molar-refractivity contribution < 1.29 is 33.3 Å². The van der Waals surface area contributed by atoms with E-state index >= 15 is 0 Å². The average molecular weight is 689 g/mol. The van der Waals surface area contributed by atoms with Crippen molar-refractivity contribution in [2.24, 2.45) is 21.3 Å². The van der Waals surface area contributed by atoms with Gasteiger partial charge in [-0.1, -0.05) is 82.9 Å².